The zero-order chi connectivity index (χ0) is 14.7. The van der Waals surface area contributed by atoms with Crippen LogP contribution in [-0.2, 0) is 0 Å². The standard InChI is InChI=1S/C15H15ClN2O2/c1-9-3-4-10(7-12(9)16)15(19)18-14-6-5-11(20-2)8-13(14)17/h3-8H,17H2,1-2H3,(H,18,19). The molecule has 2 aromatic carbocycles. The molecule has 0 aliphatic heterocycles. The first-order valence-corrected chi connectivity index (χ1v) is 6.40. The van der Waals surface area contributed by atoms with Crippen LogP contribution in [0.1, 0.15) is 15.9 Å². The van der Waals surface area contributed by atoms with E-state index in [4.69, 9.17) is 22.1 Å². The summed E-state index contributed by atoms with van der Waals surface area (Å²) in [6.45, 7) is 1.88. The maximum atomic E-state index is 12.1. The molecule has 0 spiro atoms. The van der Waals surface area contributed by atoms with Gasteiger partial charge in [0.1, 0.15) is 5.75 Å². The second-order valence-corrected chi connectivity index (χ2v) is 4.78. The maximum Gasteiger partial charge on any atom is 0.255 e. The van der Waals surface area contributed by atoms with E-state index < -0.39 is 0 Å². The Bertz CT molecular complexity index is 656. The van der Waals surface area contributed by atoms with Crippen LogP contribution in [-0.4, -0.2) is 13.0 Å². The topological polar surface area (TPSA) is 64.3 Å². The number of aryl methyl sites for hydroxylation is 1. The third-order valence-corrected chi connectivity index (χ3v) is 3.35. The Balaban J connectivity index is 2.21. The third-order valence-electron chi connectivity index (χ3n) is 2.94. The van der Waals surface area contributed by atoms with E-state index in [1.807, 2.05) is 6.92 Å². The molecular weight excluding hydrogens is 276 g/mol. The van der Waals surface area contributed by atoms with Gasteiger partial charge in [0.05, 0.1) is 18.5 Å². The lowest BCUT2D eigenvalue weighted by Crippen LogP contribution is -2.13. The van der Waals surface area contributed by atoms with Crippen LogP contribution in [0.2, 0.25) is 5.02 Å². The molecule has 0 saturated carbocycles. The van der Waals surface area contributed by atoms with Gasteiger partial charge in [-0.25, -0.2) is 0 Å². The molecule has 0 aliphatic carbocycles. The Kier molecular flexibility index (Phi) is 4.15. The molecule has 3 N–H and O–H groups in total. The van der Waals surface area contributed by atoms with E-state index in [-0.39, 0.29) is 5.91 Å². The summed E-state index contributed by atoms with van der Waals surface area (Å²) in [5.74, 6) is 0.377. The number of methoxy groups -OCH3 is 1. The van der Waals surface area contributed by atoms with Crippen molar-refractivity contribution in [2.24, 2.45) is 0 Å². The molecule has 104 valence electrons. The number of carbonyl (C=O) groups is 1. The number of anilines is 2. The lowest BCUT2D eigenvalue weighted by Gasteiger charge is -2.10. The molecule has 4 nitrogen and oxygen atoms in total. The van der Waals surface area contributed by atoms with E-state index in [9.17, 15) is 4.79 Å². The first-order valence-electron chi connectivity index (χ1n) is 6.02. The Hall–Kier alpha value is -2.20. The maximum absolute atomic E-state index is 12.1. The van der Waals surface area contributed by atoms with Crippen LogP contribution in [0.4, 0.5) is 11.4 Å². The fourth-order valence-corrected chi connectivity index (χ4v) is 1.89. The van der Waals surface area contributed by atoms with E-state index in [0.29, 0.717) is 27.7 Å². The summed E-state index contributed by atoms with van der Waals surface area (Å²) in [4.78, 5) is 12.1. The van der Waals surface area contributed by atoms with Crippen molar-refractivity contribution in [2.45, 2.75) is 6.92 Å². The fourth-order valence-electron chi connectivity index (χ4n) is 1.71. The quantitative estimate of drug-likeness (QED) is 0.851. The van der Waals surface area contributed by atoms with Crippen molar-refractivity contribution < 1.29 is 9.53 Å². The number of nitrogens with one attached hydrogen (secondary N) is 1. The summed E-state index contributed by atoms with van der Waals surface area (Å²) in [6, 6.07) is 10.2. The first kappa shape index (κ1) is 14.2. The average molecular weight is 291 g/mol. The number of hydrogen-bond acceptors (Lipinski definition) is 3. The molecule has 0 aliphatic rings. The summed E-state index contributed by atoms with van der Waals surface area (Å²) < 4.78 is 5.06. The van der Waals surface area contributed by atoms with Gasteiger partial charge in [0.2, 0.25) is 0 Å². The van der Waals surface area contributed by atoms with Crippen LogP contribution in [0.25, 0.3) is 0 Å². The number of nitrogen functional groups attached to an aromatic ring is 1. The molecule has 2 aromatic rings. The van der Waals surface area contributed by atoms with Crippen LogP contribution in [0, 0.1) is 6.92 Å². The zero-order valence-corrected chi connectivity index (χ0v) is 12.0. The highest BCUT2D eigenvalue weighted by atomic mass is 35.5. The minimum absolute atomic E-state index is 0.260. The largest absolute Gasteiger partial charge is 0.497 e. The molecule has 2 rings (SSSR count). The number of ether oxygens (including phenoxy) is 1. The number of hydrogen-bond donors (Lipinski definition) is 2. The van der Waals surface area contributed by atoms with Crippen LogP contribution in [0.3, 0.4) is 0 Å². The minimum atomic E-state index is -0.260. The van der Waals surface area contributed by atoms with Crippen molar-refractivity contribution in [3.63, 3.8) is 0 Å². The summed E-state index contributed by atoms with van der Waals surface area (Å²) in [5.41, 5.74) is 8.24. The van der Waals surface area contributed by atoms with Gasteiger partial charge in [-0.3, -0.25) is 4.79 Å². The highest BCUT2D eigenvalue weighted by Crippen LogP contribution is 2.25. The SMILES string of the molecule is COc1ccc(NC(=O)c2ccc(C)c(Cl)c2)c(N)c1. The summed E-state index contributed by atoms with van der Waals surface area (Å²) in [6.07, 6.45) is 0. The number of carbonyl (C=O) groups excluding carboxylic acids is 1. The second-order valence-electron chi connectivity index (χ2n) is 4.37. The summed E-state index contributed by atoms with van der Waals surface area (Å²) in [7, 11) is 1.56. The van der Waals surface area contributed by atoms with Gasteiger partial charge in [0.25, 0.3) is 5.91 Å². The smallest absolute Gasteiger partial charge is 0.255 e. The Morgan fingerprint density at radius 3 is 2.60 bits per heavy atom. The molecule has 1 amide bonds. The van der Waals surface area contributed by atoms with Gasteiger partial charge in [-0.05, 0) is 36.8 Å². The highest BCUT2D eigenvalue weighted by molar-refractivity contribution is 6.31. The molecule has 0 atom stereocenters. The van der Waals surface area contributed by atoms with Crippen molar-refractivity contribution in [3.8, 4) is 5.75 Å². The third kappa shape index (κ3) is 3.03. The van der Waals surface area contributed by atoms with Crippen molar-refractivity contribution in [1.29, 1.82) is 0 Å². The van der Waals surface area contributed by atoms with Gasteiger partial charge >= 0.3 is 0 Å². The van der Waals surface area contributed by atoms with Crippen LogP contribution >= 0.6 is 11.6 Å². The second kappa shape index (κ2) is 5.84. The predicted octanol–water partition coefficient (Wildman–Crippen LogP) is 3.49. The van der Waals surface area contributed by atoms with Crippen LogP contribution in [0.5, 0.6) is 5.75 Å². The van der Waals surface area contributed by atoms with Crippen LogP contribution < -0.4 is 15.8 Å². The molecular formula is C15H15ClN2O2. The van der Waals surface area contributed by atoms with E-state index in [2.05, 4.69) is 5.32 Å². The lowest BCUT2D eigenvalue weighted by molar-refractivity contribution is 0.102. The molecule has 0 fully saturated rings. The highest BCUT2D eigenvalue weighted by Gasteiger charge is 2.10. The van der Waals surface area contributed by atoms with Gasteiger partial charge in [0.15, 0.2) is 0 Å². The monoisotopic (exact) mass is 290 g/mol. The Labute approximate surface area is 122 Å². The summed E-state index contributed by atoms with van der Waals surface area (Å²) in [5, 5.41) is 3.30. The average Bonchev–Trinajstić information content (AvgIpc) is 2.43. The van der Waals surface area contributed by atoms with E-state index in [0.717, 1.165) is 5.56 Å². The predicted molar refractivity (Wildman–Crippen MR) is 81.5 cm³/mol. The number of nitrogens with two attached hydrogens (primary N) is 1. The molecule has 0 bridgehead atoms. The van der Waals surface area contributed by atoms with Gasteiger partial charge in [-0.15, -0.1) is 0 Å². The number of benzene rings is 2. The molecule has 20 heavy (non-hydrogen) atoms. The van der Waals surface area contributed by atoms with Gasteiger partial charge in [-0.1, -0.05) is 17.7 Å². The molecule has 0 radical (unpaired) electrons. The fraction of sp³-hybridized carbons (Fsp3) is 0.133. The Morgan fingerprint density at radius 1 is 1.25 bits per heavy atom. The number of rotatable bonds is 3. The number of halogens is 1. The van der Waals surface area contributed by atoms with E-state index >= 15 is 0 Å². The van der Waals surface area contributed by atoms with Gasteiger partial charge in [-0.2, -0.15) is 0 Å². The number of amides is 1. The van der Waals surface area contributed by atoms with E-state index in [1.54, 1.807) is 43.5 Å². The molecule has 5 heteroatoms. The molecule has 0 heterocycles. The minimum Gasteiger partial charge on any atom is -0.497 e. The van der Waals surface area contributed by atoms with Gasteiger partial charge < -0.3 is 15.8 Å². The molecule has 0 saturated heterocycles. The van der Waals surface area contributed by atoms with Crippen molar-refractivity contribution in [2.75, 3.05) is 18.2 Å². The van der Waals surface area contributed by atoms with Crippen molar-refractivity contribution in [1.82, 2.24) is 0 Å². The zero-order valence-electron chi connectivity index (χ0n) is 11.2. The van der Waals surface area contributed by atoms with Crippen molar-refractivity contribution >= 4 is 28.9 Å². The van der Waals surface area contributed by atoms with Gasteiger partial charge in [0, 0.05) is 16.7 Å². The van der Waals surface area contributed by atoms with Crippen LogP contribution in [0.15, 0.2) is 36.4 Å². The van der Waals surface area contributed by atoms with Crippen molar-refractivity contribution in [3.05, 3.63) is 52.5 Å². The summed E-state index contributed by atoms with van der Waals surface area (Å²) >= 11 is 6.01. The molecule has 0 aromatic heterocycles. The first-order chi connectivity index (χ1) is 9.51. The molecule has 0 unspecified atom stereocenters. The Morgan fingerprint density at radius 2 is 2.00 bits per heavy atom. The normalized spacial score (nSPS) is 10.2. The van der Waals surface area contributed by atoms with E-state index in [1.165, 1.54) is 0 Å². The lowest BCUT2D eigenvalue weighted by atomic mass is 10.1.